The molecule has 4 rings (SSSR count). The molecule has 0 radical (unpaired) electrons. The van der Waals surface area contributed by atoms with Crippen molar-refractivity contribution in [3.63, 3.8) is 0 Å². The Hall–Kier alpha value is -1.60. The molecule has 2 aliphatic carbocycles. The molecule has 0 heterocycles. The van der Waals surface area contributed by atoms with E-state index >= 15 is 0 Å². The first-order chi connectivity index (χ1) is 11.3. The first-order valence-corrected chi connectivity index (χ1v) is 11.4. The monoisotopic (exact) mass is 318 g/mol. The summed E-state index contributed by atoms with van der Waals surface area (Å²) in [7, 11) is -1.72. The van der Waals surface area contributed by atoms with Crippen molar-refractivity contribution in [2.45, 2.75) is 37.8 Å². The summed E-state index contributed by atoms with van der Waals surface area (Å²) in [6.07, 6.45) is 9.14. The highest BCUT2D eigenvalue weighted by Crippen LogP contribution is 2.52. The third kappa shape index (κ3) is 2.42. The van der Waals surface area contributed by atoms with Gasteiger partial charge in [0.15, 0.2) is 0 Å². The molecule has 2 aromatic rings. The molecule has 3 atom stereocenters. The molecule has 2 aliphatic rings. The summed E-state index contributed by atoms with van der Waals surface area (Å²) >= 11 is 0. The SMILES string of the molecule is CCC[Si](c1ccccc1)(c1ccccc1)C1CC2C=CC1C2. The Balaban J connectivity index is 1.90. The van der Waals surface area contributed by atoms with E-state index in [0.29, 0.717) is 0 Å². The van der Waals surface area contributed by atoms with Crippen molar-refractivity contribution in [2.75, 3.05) is 0 Å². The fraction of sp³-hybridized carbons (Fsp3) is 0.364. The molecule has 1 heteroatoms. The van der Waals surface area contributed by atoms with Gasteiger partial charge in [-0.1, -0.05) is 96.5 Å². The van der Waals surface area contributed by atoms with E-state index in [9.17, 15) is 0 Å². The van der Waals surface area contributed by atoms with E-state index in [-0.39, 0.29) is 0 Å². The summed E-state index contributed by atoms with van der Waals surface area (Å²) in [5.41, 5.74) is 0.877. The molecule has 0 aromatic heterocycles. The second-order valence-corrected chi connectivity index (χ2v) is 11.7. The lowest BCUT2D eigenvalue weighted by molar-refractivity contribution is 0.674. The van der Waals surface area contributed by atoms with Crippen molar-refractivity contribution in [1.29, 1.82) is 0 Å². The van der Waals surface area contributed by atoms with Crippen molar-refractivity contribution in [1.82, 2.24) is 0 Å². The van der Waals surface area contributed by atoms with Crippen molar-refractivity contribution in [3.05, 3.63) is 72.8 Å². The third-order valence-electron chi connectivity index (χ3n) is 6.13. The lowest BCUT2D eigenvalue weighted by Gasteiger charge is -2.41. The average Bonchev–Trinajstić information content (AvgIpc) is 3.25. The highest BCUT2D eigenvalue weighted by Gasteiger charge is 2.51. The van der Waals surface area contributed by atoms with Crippen LogP contribution in [0.1, 0.15) is 26.2 Å². The maximum atomic E-state index is 2.54. The van der Waals surface area contributed by atoms with E-state index in [0.717, 1.165) is 17.4 Å². The molecule has 0 nitrogen and oxygen atoms in total. The maximum absolute atomic E-state index is 2.54. The van der Waals surface area contributed by atoms with Gasteiger partial charge in [-0.2, -0.15) is 0 Å². The second-order valence-electron chi connectivity index (χ2n) is 7.34. The van der Waals surface area contributed by atoms with Crippen LogP contribution in [0.3, 0.4) is 0 Å². The van der Waals surface area contributed by atoms with Crippen LogP contribution in [0.2, 0.25) is 11.6 Å². The lowest BCUT2D eigenvalue weighted by atomic mass is 10.1. The van der Waals surface area contributed by atoms with Crippen LogP contribution in [0, 0.1) is 11.8 Å². The first-order valence-electron chi connectivity index (χ1n) is 9.14. The Labute approximate surface area is 141 Å². The molecular weight excluding hydrogens is 292 g/mol. The Bertz CT molecular complexity index is 634. The van der Waals surface area contributed by atoms with Crippen molar-refractivity contribution >= 4 is 18.4 Å². The lowest BCUT2D eigenvalue weighted by Crippen LogP contribution is -2.62. The number of allylic oxidation sites excluding steroid dienone is 2. The van der Waals surface area contributed by atoms with Gasteiger partial charge < -0.3 is 0 Å². The zero-order chi connectivity index (χ0) is 15.7. The fourth-order valence-electron chi connectivity index (χ4n) is 5.28. The largest absolute Gasteiger partial charge is 0.121 e. The van der Waals surface area contributed by atoms with Crippen molar-refractivity contribution in [3.8, 4) is 0 Å². The quantitative estimate of drug-likeness (QED) is 0.557. The van der Waals surface area contributed by atoms with E-state index in [1.54, 1.807) is 10.4 Å². The molecule has 2 bridgehead atoms. The number of hydrogen-bond donors (Lipinski definition) is 0. The minimum Gasteiger partial charge on any atom is -0.0851 e. The summed E-state index contributed by atoms with van der Waals surface area (Å²) in [4.78, 5) is 0. The van der Waals surface area contributed by atoms with Gasteiger partial charge in [0.05, 0.1) is 0 Å². The van der Waals surface area contributed by atoms with E-state index in [2.05, 4.69) is 79.7 Å². The average molecular weight is 319 g/mol. The zero-order valence-corrected chi connectivity index (χ0v) is 15.0. The van der Waals surface area contributed by atoms with Gasteiger partial charge in [0.2, 0.25) is 0 Å². The molecule has 0 amide bonds. The summed E-state index contributed by atoms with van der Waals surface area (Å²) < 4.78 is 0. The predicted octanol–water partition coefficient (Wildman–Crippen LogP) is 4.63. The van der Waals surface area contributed by atoms with E-state index in [1.807, 2.05) is 0 Å². The van der Waals surface area contributed by atoms with Gasteiger partial charge >= 0.3 is 0 Å². The molecule has 0 saturated heterocycles. The van der Waals surface area contributed by atoms with Crippen LogP contribution in [0.25, 0.3) is 0 Å². The Kier molecular flexibility index (Phi) is 3.98. The molecule has 118 valence electrons. The van der Waals surface area contributed by atoms with Gasteiger partial charge in [0.25, 0.3) is 0 Å². The number of hydrogen-bond acceptors (Lipinski definition) is 0. The highest BCUT2D eigenvalue weighted by atomic mass is 28.3. The summed E-state index contributed by atoms with van der Waals surface area (Å²) in [5, 5.41) is 3.30. The summed E-state index contributed by atoms with van der Waals surface area (Å²) in [5.74, 6) is 1.67. The van der Waals surface area contributed by atoms with E-state index in [1.165, 1.54) is 25.3 Å². The predicted molar refractivity (Wildman–Crippen MR) is 102 cm³/mol. The normalized spacial score (nSPS) is 25.9. The molecule has 23 heavy (non-hydrogen) atoms. The first kappa shape index (κ1) is 15.0. The smallest absolute Gasteiger partial charge is 0.0851 e. The fourth-order valence-corrected chi connectivity index (χ4v) is 11.5. The van der Waals surface area contributed by atoms with Crippen LogP contribution in [0.15, 0.2) is 72.8 Å². The van der Waals surface area contributed by atoms with Crippen LogP contribution in [-0.4, -0.2) is 8.07 Å². The Morgan fingerprint density at radius 3 is 1.87 bits per heavy atom. The maximum Gasteiger partial charge on any atom is 0.121 e. The highest BCUT2D eigenvalue weighted by molar-refractivity contribution is 7.03. The summed E-state index contributed by atoms with van der Waals surface area (Å²) in [6.45, 7) is 2.37. The zero-order valence-electron chi connectivity index (χ0n) is 14.0. The Morgan fingerprint density at radius 1 is 0.826 bits per heavy atom. The van der Waals surface area contributed by atoms with Gasteiger partial charge in [-0.25, -0.2) is 0 Å². The van der Waals surface area contributed by atoms with E-state index in [4.69, 9.17) is 0 Å². The molecule has 1 fully saturated rings. The third-order valence-corrected chi connectivity index (χ3v) is 12.1. The molecular formula is C22H26Si. The second kappa shape index (κ2) is 6.12. The molecule has 0 aliphatic heterocycles. The van der Waals surface area contributed by atoms with Crippen LogP contribution in [-0.2, 0) is 0 Å². The molecule has 3 unspecified atom stereocenters. The van der Waals surface area contributed by atoms with Crippen LogP contribution in [0.4, 0.5) is 0 Å². The minimum atomic E-state index is -1.72. The minimum absolute atomic E-state index is 0.818. The topological polar surface area (TPSA) is 0 Å². The summed E-state index contributed by atoms with van der Waals surface area (Å²) in [6, 6.07) is 24.4. The van der Waals surface area contributed by atoms with E-state index < -0.39 is 8.07 Å². The van der Waals surface area contributed by atoms with Crippen molar-refractivity contribution < 1.29 is 0 Å². The van der Waals surface area contributed by atoms with Crippen LogP contribution in [0.5, 0.6) is 0 Å². The number of benzene rings is 2. The van der Waals surface area contributed by atoms with Gasteiger partial charge in [-0.15, -0.1) is 0 Å². The molecule has 1 saturated carbocycles. The number of rotatable bonds is 5. The molecule has 0 spiro atoms. The van der Waals surface area contributed by atoms with Gasteiger partial charge in [0, 0.05) is 0 Å². The molecule has 0 N–H and O–H groups in total. The molecule has 2 aromatic carbocycles. The number of fused-ring (bicyclic) bond motifs is 2. The standard InChI is InChI=1S/C22H26Si/c1-2-15-23(20-9-5-3-6-10-20,21-11-7-4-8-12-21)22-17-18-13-14-19(22)16-18/h3-14,18-19,22H,2,15-17H2,1H3. The van der Waals surface area contributed by atoms with Crippen LogP contribution >= 0.6 is 0 Å². The van der Waals surface area contributed by atoms with Crippen LogP contribution < -0.4 is 10.4 Å². The van der Waals surface area contributed by atoms with Gasteiger partial charge in [-0.05, 0) is 36.3 Å². The van der Waals surface area contributed by atoms with Gasteiger partial charge in [-0.3, -0.25) is 0 Å². The van der Waals surface area contributed by atoms with Crippen molar-refractivity contribution in [2.24, 2.45) is 11.8 Å². The van der Waals surface area contributed by atoms with Gasteiger partial charge in [0.1, 0.15) is 8.07 Å². The Morgan fingerprint density at radius 2 is 1.43 bits per heavy atom.